The molecule has 0 saturated heterocycles. The molecule has 122 valence electrons. The lowest BCUT2D eigenvalue weighted by atomic mass is 10.1. The van der Waals surface area contributed by atoms with Gasteiger partial charge in [-0.25, -0.2) is 4.79 Å². The van der Waals surface area contributed by atoms with Gasteiger partial charge in [-0.2, -0.15) is 0 Å². The molecular formula is C17H18ClNO3S. The van der Waals surface area contributed by atoms with Crippen molar-refractivity contribution in [3.8, 4) is 0 Å². The van der Waals surface area contributed by atoms with Crippen molar-refractivity contribution in [3.05, 3.63) is 50.7 Å². The Morgan fingerprint density at radius 2 is 1.96 bits per heavy atom. The van der Waals surface area contributed by atoms with E-state index in [0.29, 0.717) is 15.6 Å². The summed E-state index contributed by atoms with van der Waals surface area (Å²) >= 11 is 7.17. The predicted molar refractivity (Wildman–Crippen MR) is 93.4 cm³/mol. The zero-order valence-electron chi connectivity index (χ0n) is 13.0. The van der Waals surface area contributed by atoms with E-state index in [4.69, 9.17) is 16.3 Å². The minimum absolute atomic E-state index is 0.318. The Morgan fingerprint density at radius 1 is 1.26 bits per heavy atom. The van der Waals surface area contributed by atoms with Gasteiger partial charge in [-0.05, 0) is 49.2 Å². The second-order valence-corrected chi connectivity index (χ2v) is 6.77. The van der Waals surface area contributed by atoms with Crippen LogP contribution in [0.5, 0.6) is 0 Å². The fraction of sp³-hybridized carbons (Fsp3) is 0.294. The number of aryl methyl sites for hydroxylation is 2. The number of rotatable bonds is 6. The first kappa shape index (κ1) is 17.5. The van der Waals surface area contributed by atoms with Crippen LogP contribution in [0.4, 0.5) is 5.69 Å². The number of ether oxygens (including phenoxy) is 1. The summed E-state index contributed by atoms with van der Waals surface area (Å²) in [5, 5.41) is 3.23. The number of thiophene rings is 1. The van der Waals surface area contributed by atoms with E-state index in [1.807, 2.05) is 13.0 Å². The molecule has 0 bridgehead atoms. The lowest BCUT2D eigenvalue weighted by Crippen LogP contribution is -2.20. The van der Waals surface area contributed by atoms with E-state index in [-0.39, 0.29) is 12.5 Å². The van der Waals surface area contributed by atoms with Gasteiger partial charge in [-0.3, -0.25) is 4.79 Å². The maximum atomic E-state index is 12.0. The van der Waals surface area contributed by atoms with E-state index in [2.05, 4.69) is 12.2 Å². The van der Waals surface area contributed by atoms with Gasteiger partial charge in [0.05, 0.1) is 0 Å². The van der Waals surface area contributed by atoms with Crippen LogP contribution in [0.2, 0.25) is 5.02 Å². The molecule has 0 aliphatic carbocycles. The van der Waals surface area contributed by atoms with Crippen LogP contribution in [0.15, 0.2) is 30.3 Å². The van der Waals surface area contributed by atoms with E-state index in [9.17, 15) is 9.59 Å². The first-order chi connectivity index (χ1) is 11.0. The van der Waals surface area contributed by atoms with Gasteiger partial charge in [0.1, 0.15) is 4.88 Å². The highest BCUT2D eigenvalue weighted by atomic mass is 35.5. The molecule has 1 heterocycles. The number of carbonyl (C=O) groups excluding carboxylic acids is 2. The third kappa shape index (κ3) is 5.08. The van der Waals surface area contributed by atoms with Crippen molar-refractivity contribution in [2.24, 2.45) is 0 Å². The molecule has 1 aromatic carbocycles. The largest absolute Gasteiger partial charge is 0.451 e. The van der Waals surface area contributed by atoms with Gasteiger partial charge in [0, 0.05) is 15.6 Å². The summed E-state index contributed by atoms with van der Waals surface area (Å²) in [6.07, 6.45) is 1.96. The Morgan fingerprint density at radius 3 is 2.61 bits per heavy atom. The van der Waals surface area contributed by atoms with Gasteiger partial charge < -0.3 is 10.1 Å². The SMILES string of the molecule is CCCc1cc(C(=O)OCC(=O)Nc2ccc(Cl)cc2)sc1C. The van der Waals surface area contributed by atoms with Gasteiger partial charge >= 0.3 is 5.97 Å². The van der Waals surface area contributed by atoms with Crippen LogP contribution in [0, 0.1) is 6.92 Å². The van der Waals surface area contributed by atoms with Crippen molar-refractivity contribution in [1.82, 2.24) is 0 Å². The molecule has 0 radical (unpaired) electrons. The molecule has 1 amide bonds. The number of nitrogens with one attached hydrogen (secondary N) is 1. The smallest absolute Gasteiger partial charge is 0.348 e. The minimum atomic E-state index is -0.466. The molecule has 2 aromatic rings. The summed E-state index contributed by atoms with van der Waals surface area (Å²) in [7, 11) is 0. The van der Waals surface area contributed by atoms with E-state index >= 15 is 0 Å². The number of esters is 1. The molecule has 1 aromatic heterocycles. The highest BCUT2D eigenvalue weighted by Crippen LogP contribution is 2.23. The van der Waals surface area contributed by atoms with Crippen LogP contribution in [0.1, 0.15) is 33.5 Å². The maximum Gasteiger partial charge on any atom is 0.348 e. The van der Waals surface area contributed by atoms with Gasteiger partial charge in [0.2, 0.25) is 0 Å². The summed E-state index contributed by atoms with van der Waals surface area (Å²) in [5.41, 5.74) is 1.77. The molecule has 0 saturated carbocycles. The molecule has 0 aliphatic heterocycles. The third-order valence-electron chi connectivity index (χ3n) is 3.20. The number of hydrogen-bond acceptors (Lipinski definition) is 4. The molecule has 1 N–H and O–H groups in total. The average molecular weight is 352 g/mol. The first-order valence-corrected chi connectivity index (χ1v) is 8.51. The van der Waals surface area contributed by atoms with Crippen LogP contribution in [0.25, 0.3) is 0 Å². The second-order valence-electron chi connectivity index (χ2n) is 5.07. The number of hydrogen-bond donors (Lipinski definition) is 1. The number of amides is 1. The van der Waals surface area contributed by atoms with E-state index < -0.39 is 5.97 Å². The number of anilines is 1. The van der Waals surface area contributed by atoms with Crippen LogP contribution in [0.3, 0.4) is 0 Å². The summed E-state index contributed by atoms with van der Waals surface area (Å²) in [4.78, 5) is 25.4. The number of carbonyl (C=O) groups is 2. The standard InChI is InChI=1S/C17H18ClNO3S/c1-3-4-12-9-15(23-11(12)2)17(21)22-10-16(20)19-14-7-5-13(18)6-8-14/h5-9H,3-4,10H2,1-2H3,(H,19,20). The minimum Gasteiger partial charge on any atom is -0.451 e. The Hall–Kier alpha value is -1.85. The van der Waals surface area contributed by atoms with Crippen molar-refractivity contribution < 1.29 is 14.3 Å². The summed E-state index contributed by atoms with van der Waals surface area (Å²) in [6, 6.07) is 8.56. The summed E-state index contributed by atoms with van der Waals surface area (Å²) < 4.78 is 5.07. The zero-order chi connectivity index (χ0) is 16.8. The van der Waals surface area contributed by atoms with E-state index in [0.717, 1.165) is 23.3 Å². The number of benzene rings is 1. The monoisotopic (exact) mass is 351 g/mol. The lowest BCUT2D eigenvalue weighted by Gasteiger charge is -2.05. The molecular weight excluding hydrogens is 334 g/mol. The molecule has 0 aliphatic rings. The summed E-state index contributed by atoms with van der Waals surface area (Å²) in [5.74, 6) is -0.852. The van der Waals surface area contributed by atoms with Crippen LogP contribution < -0.4 is 5.32 Å². The fourth-order valence-electron chi connectivity index (χ4n) is 2.07. The Balaban J connectivity index is 1.87. The Labute approximate surface area is 144 Å². The molecule has 2 rings (SSSR count). The topological polar surface area (TPSA) is 55.4 Å². The van der Waals surface area contributed by atoms with E-state index in [1.54, 1.807) is 24.3 Å². The second kappa shape index (κ2) is 8.13. The van der Waals surface area contributed by atoms with Crippen LogP contribution in [-0.4, -0.2) is 18.5 Å². The Bertz CT molecular complexity index is 694. The van der Waals surface area contributed by atoms with Crippen LogP contribution >= 0.6 is 22.9 Å². The number of halogens is 1. The molecule has 0 atom stereocenters. The van der Waals surface area contributed by atoms with Crippen molar-refractivity contribution in [2.75, 3.05) is 11.9 Å². The van der Waals surface area contributed by atoms with Gasteiger partial charge in [-0.1, -0.05) is 24.9 Å². The first-order valence-electron chi connectivity index (χ1n) is 7.31. The predicted octanol–water partition coefficient (Wildman–Crippen LogP) is 4.46. The average Bonchev–Trinajstić information content (AvgIpc) is 2.89. The summed E-state index contributed by atoms with van der Waals surface area (Å²) in [6.45, 7) is 3.76. The van der Waals surface area contributed by atoms with Crippen molar-refractivity contribution in [1.29, 1.82) is 0 Å². The van der Waals surface area contributed by atoms with Crippen molar-refractivity contribution >= 4 is 40.5 Å². The van der Waals surface area contributed by atoms with Gasteiger partial charge in [0.15, 0.2) is 6.61 Å². The molecule has 6 heteroatoms. The molecule has 0 unspecified atom stereocenters. The van der Waals surface area contributed by atoms with Gasteiger partial charge in [0.25, 0.3) is 5.91 Å². The zero-order valence-corrected chi connectivity index (χ0v) is 14.6. The van der Waals surface area contributed by atoms with Crippen molar-refractivity contribution in [3.63, 3.8) is 0 Å². The molecule has 4 nitrogen and oxygen atoms in total. The highest BCUT2D eigenvalue weighted by Gasteiger charge is 2.15. The molecule has 0 spiro atoms. The Kier molecular flexibility index (Phi) is 6.19. The normalized spacial score (nSPS) is 10.4. The quantitative estimate of drug-likeness (QED) is 0.782. The maximum absolute atomic E-state index is 12.0. The fourth-order valence-corrected chi connectivity index (χ4v) is 3.16. The van der Waals surface area contributed by atoms with Crippen LogP contribution in [-0.2, 0) is 16.0 Å². The van der Waals surface area contributed by atoms with Gasteiger partial charge in [-0.15, -0.1) is 11.3 Å². The third-order valence-corrected chi connectivity index (χ3v) is 4.53. The van der Waals surface area contributed by atoms with E-state index in [1.165, 1.54) is 11.3 Å². The highest BCUT2D eigenvalue weighted by molar-refractivity contribution is 7.14. The lowest BCUT2D eigenvalue weighted by molar-refractivity contribution is -0.119. The molecule has 23 heavy (non-hydrogen) atoms. The van der Waals surface area contributed by atoms with Crippen molar-refractivity contribution in [2.45, 2.75) is 26.7 Å². The molecule has 0 fully saturated rings.